The van der Waals surface area contributed by atoms with Crippen molar-refractivity contribution in [2.45, 2.75) is 30.1 Å². The standard InChI is InChI=1S/C21H25ClN2O3S/c1-23(2)28(26,27)20-12-8-17(9-13-20)21(25)24-14-4-3-5-18(15-24)16-6-10-19(22)11-7-16/h6-13,18H,3-5,14-15H2,1-2H3/t18-/m0/s1. The Balaban J connectivity index is 1.78. The number of sulfonamides is 1. The molecule has 0 spiro atoms. The van der Waals surface area contributed by atoms with Gasteiger partial charge in [0.1, 0.15) is 0 Å². The Morgan fingerprint density at radius 1 is 1.04 bits per heavy atom. The molecular formula is C21H25ClN2O3S. The van der Waals surface area contributed by atoms with Gasteiger partial charge in [0, 0.05) is 43.7 Å². The van der Waals surface area contributed by atoms with Gasteiger partial charge in [0.05, 0.1) is 4.90 Å². The van der Waals surface area contributed by atoms with Crippen LogP contribution in [-0.2, 0) is 10.0 Å². The number of amides is 1. The summed E-state index contributed by atoms with van der Waals surface area (Å²) in [4.78, 5) is 15.1. The zero-order chi connectivity index (χ0) is 20.3. The number of likely N-dealkylation sites (tertiary alicyclic amines) is 1. The van der Waals surface area contributed by atoms with Gasteiger partial charge < -0.3 is 4.90 Å². The summed E-state index contributed by atoms with van der Waals surface area (Å²) >= 11 is 6.00. The van der Waals surface area contributed by atoms with Crippen molar-refractivity contribution in [2.75, 3.05) is 27.2 Å². The van der Waals surface area contributed by atoms with Gasteiger partial charge in [-0.2, -0.15) is 0 Å². The highest BCUT2D eigenvalue weighted by Gasteiger charge is 2.25. The molecule has 0 N–H and O–H groups in total. The molecule has 3 rings (SSSR count). The van der Waals surface area contributed by atoms with Crippen LogP contribution in [0.4, 0.5) is 0 Å². The van der Waals surface area contributed by atoms with E-state index in [-0.39, 0.29) is 16.7 Å². The van der Waals surface area contributed by atoms with E-state index in [0.29, 0.717) is 23.7 Å². The average Bonchev–Trinajstić information content (AvgIpc) is 2.94. The maximum absolute atomic E-state index is 13.0. The lowest BCUT2D eigenvalue weighted by molar-refractivity contribution is 0.0754. The first kappa shape index (κ1) is 20.8. The fraction of sp³-hybridized carbons (Fsp3) is 0.381. The molecule has 0 radical (unpaired) electrons. The number of hydrogen-bond acceptors (Lipinski definition) is 3. The van der Waals surface area contributed by atoms with Gasteiger partial charge in [-0.15, -0.1) is 0 Å². The van der Waals surface area contributed by atoms with E-state index in [9.17, 15) is 13.2 Å². The lowest BCUT2D eigenvalue weighted by atomic mass is 9.94. The van der Waals surface area contributed by atoms with Crippen LogP contribution in [0.3, 0.4) is 0 Å². The fourth-order valence-electron chi connectivity index (χ4n) is 3.50. The summed E-state index contributed by atoms with van der Waals surface area (Å²) in [6.07, 6.45) is 3.06. The Labute approximate surface area is 172 Å². The first-order valence-corrected chi connectivity index (χ1v) is 11.2. The molecule has 2 aromatic rings. The largest absolute Gasteiger partial charge is 0.338 e. The van der Waals surface area contributed by atoms with Gasteiger partial charge in [0.15, 0.2) is 0 Å². The Morgan fingerprint density at radius 2 is 1.68 bits per heavy atom. The van der Waals surface area contributed by atoms with Crippen LogP contribution in [0.2, 0.25) is 5.02 Å². The maximum atomic E-state index is 13.0. The van der Waals surface area contributed by atoms with E-state index in [1.54, 1.807) is 12.1 Å². The van der Waals surface area contributed by atoms with Crippen LogP contribution in [0.5, 0.6) is 0 Å². The Morgan fingerprint density at radius 3 is 2.29 bits per heavy atom. The summed E-state index contributed by atoms with van der Waals surface area (Å²) in [6.45, 7) is 1.36. The zero-order valence-electron chi connectivity index (χ0n) is 16.1. The van der Waals surface area contributed by atoms with Crippen molar-refractivity contribution in [3.05, 3.63) is 64.7 Å². The van der Waals surface area contributed by atoms with Gasteiger partial charge in [-0.3, -0.25) is 4.79 Å². The molecule has 0 aliphatic carbocycles. The third kappa shape index (κ3) is 4.57. The second kappa shape index (κ2) is 8.64. The molecule has 1 atom stereocenters. The molecule has 0 bridgehead atoms. The minimum atomic E-state index is -3.50. The quantitative estimate of drug-likeness (QED) is 0.751. The van der Waals surface area contributed by atoms with Crippen molar-refractivity contribution in [1.29, 1.82) is 0 Å². The Hall–Kier alpha value is -1.89. The molecular weight excluding hydrogens is 396 g/mol. The van der Waals surface area contributed by atoms with Crippen LogP contribution in [0.25, 0.3) is 0 Å². The highest BCUT2D eigenvalue weighted by Crippen LogP contribution is 2.28. The molecule has 7 heteroatoms. The summed E-state index contributed by atoms with van der Waals surface area (Å²) in [5.74, 6) is 0.215. The first-order chi connectivity index (χ1) is 13.3. The van der Waals surface area contributed by atoms with Crippen LogP contribution >= 0.6 is 11.6 Å². The Kier molecular flexibility index (Phi) is 6.43. The zero-order valence-corrected chi connectivity index (χ0v) is 17.7. The van der Waals surface area contributed by atoms with Crippen LogP contribution in [0.1, 0.15) is 41.1 Å². The number of hydrogen-bond donors (Lipinski definition) is 0. The van der Waals surface area contributed by atoms with E-state index in [2.05, 4.69) is 0 Å². The average molecular weight is 421 g/mol. The van der Waals surface area contributed by atoms with Crippen LogP contribution in [-0.4, -0.2) is 50.7 Å². The van der Waals surface area contributed by atoms with Gasteiger partial charge in [0.25, 0.3) is 5.91 Å². The molecule has 150 valence electrons. The molecule has 2 aromatic carbocycles. The summed E-state index contributed by atoms with van der Waals surface area (Å²) in [5, 5.41) is 0.707. The fourth-order valence-corrected chi connectivity index (χ4v) is 4.52. The van der Waals surface area contributed by atoms with Gasteiger partial charge in [0.2, 0.25) is 10.0 Å². The Bertz CT molecular complexity index is 925. The van der Waals surface area contributed by atoms with Gasteiger partial charge in [-0.05, 0) is 54.8 Å². The first-order valence-electron chi connectivity index (χ1n) is 9.36. The smallest absolute Gasteiger partial charge is 0.253 e. The van der Waals surface area contributed by atoms with E-state index >= 15 is 0 Å². The van der Waals surface area contributed by atoms with Crippen LogP contribution in [0, 0.1) is 0 Å². The molecule has 5 nitrogen and oxygen atoms in total. The number of halogens is 1. The molecule has 28 heavy (non-hydrogen) atoms. The predicted octanol–water partition coefficient (Wildman–Crippen LogP) is 4.00. The SMILES string of the molecule is CN(C)S(=O)(=O)c1ccc(C(=O)N2CCCC[C@H](c3ccc(Cl)cc3)C2)cc1. The van der Waals surface area contributed by atoms with Gasteiger partial charge in [-0.1, -0.05) is 30.2 Å². The molecule has 1 amide bonds. The van der Waals surface area contributed by atoms with E-state index in [1.165, 1.54) is 31.8 Å². The van der Waals surface area contributed by atoms with Crippen molar-refractivity contribution in [1.82, 2.24) is 9.21 Å². The minimum Gasteiger partial charge on any atom is -0.338 e. The summed E-state index contributed by atoms with van der Waals surface area (Å²) in [5.41, 5.74) is 1.70. The van der Waals surface area contributed by atoms with Gasteiger partial charge in [-0.25, -0.2) is 12.7 Å². The second-order valence-electron chi connectivity index (χ2n) is 7.31. The number of carbonyl (C=O) groups is 1. The number of rotatable bonds is 4. The van der Waals surface area contributed by atoms with E-state index in [0.717, 1.165) is 23.6 Å². The summed E-state index contributed by atoms with van der Waals surface area (Å²) in [7, 11) is -0.524. The lowest BCUT2D eigenvalue weighted by Crippen LogP contribution is -2.34. The molecule has 0 unspecified atom stereocenters. The molecule has 1 fully saturated rings. The molecule has 1 aliphatic rings. The topological polar surface area (TPSA) is 57.7 Å². The van der Waals surface area contributed by atoms with Crippen LogP contribution in [0.15, 0.2) is 53.4 Å². The lowest BCUT2D eigenvalue weighted by Gasteiger charge is -2.25. The van der Waals surface area contributed by atoms with Crippen molar-refractivity contribution in [2.24, 2.45) is 0 Å². The monoisotopic (exact) mass is 420 g/mol. The maximum Gasteiger partial charge on any atom is 0.253 e. The van der Waals surface area contributed by atoms with E-state index < -0.39 is 10.0 Å². The third-order valence-corrected chi connectivity index (χ3v) is 7.26. The number of benzene rings is 2. The number of nitrogens with zero attached hydrogens (tertiary/aromatic N) is 2. The molecule has 0 saturated carbocycles. The van der Waals surface area contributed by atoms with Crippen molar-refractivity contribution < 1.29 is 13.2 Å². The highest BCUT2D eigenvalue weighted by atomic mass is 35.5. The van der Waals surface area contributed by atoms with Crippen molar-refractivity contribution >= 4 is 27.5 Å². The summed E-state index contributed by atoms with van der Waals surface area (Å²) in [6, 6.07) is 14.0. The minimum absolute atomic E-state index is 0.0605. The van der Waals surface area contributed by atoms with E-state index in [1.807, 2.05) is 29.2 Å². The molecule has 1 heterocycles. The molecule has 1 saturated heterocycles. The predicted molar refractivity (Wildman–Crippen MR) is 111 cm³/mol. The third-order valence-electron chi connectivity index (χ3n) is 5.18. The highest BCUT2D eigenvalue weighted by molar-refractivity contribution is 7.89. The van der Waals surface area contributed by atoms with Crippen molar-refractivity contribution in [3.63, 3.8) is 0 Å². The van der Waals surface area contributed by atoms with Crippen LogP contribution < -0.4 is 0 Å². The molecule has 0 aromatic heterocycles. The summed E-state index contributed by atoms with van der Waals surface area (Å²) < 4.78 is 25.6. The molecule has 1 aliphatic heterocycles. The second-order valence-corrected chi connectivity index (χ2v) is 9.90. The number of carbonyl (C=O) groups excluding carboxylic acids is 1. The van der Waals surface area contributed by atoms with Crippen molar-refractivity contribution in [3.8, 4) is 0 Å². The van der Waals surface area contributed by atoms with Gasteiger partial charge >= 0.3 is 0 Å². The normalized spacial score (nSPS) is 18.1. The van der Waals surface area contributed by atoms with E-state index in [4.69, 9.17) is 11.6 Å².